The molecule has 3 aromatic rings. The number of hydrogen-bond acceptors (Lipinski definition) is 3. The monoisotopic (exact) mass is 361 g/mol. The van der Waals surface area contributed by atoms with Crippen LogP contribution in [0, 0.1) is 12.8 Å². The predicted molar refractivity (Wildman–Crippen MR) is 100 cm³/mol. The molecule has 1 amide bonds. The molecular weight excluding hydrogens is 342 g/mol. The van der Waals surface area contributed by atoms with E-state index in [1.807, 2.05) is 41.9 Å². The van der Waals surface area contributed by atoms with Gasteiger partial charge in [0.1, 0.15) is 4.83 Å². The lowest BCUT2D eigenvalue weighted by Crippen LogP contribution is -2.26. The Bertz CT molecular complexity index is 882. The SMILES string of the molecule is Cc1nn(Cc2ccccc2Cl)c2sc(C(=O)NCC(C)C)cc12. The Hall–Kier alpha value is -1.85. The van der Waals surface area contributed by atoms with Gasteiger partial charge in [0.05, 0.1) is 17.1 Å². The van der Waals surface area contributed by atoms with Gasteiger partial charge in [-0.15, -0.1) is 11.3 Å². The normalized spacial score (nSPS) is 11.4. The molecule has 6 heteroatoms. The molecule has 0 unspecified atom stereocenters. The maximum Gasteiger partial charge on any atom is 0.261 e. The second-order valence-corrected chi connectivity index (χ2v) is 7.71. The second kappa shape index (κ2) is 6.95. The Morgan fingerprint density at radius 1 is 1.38 bits per heavy atom. The van der Waals surface area contributed by atoms with E-state index in [1.54, 1.807) is 0 Å². The molecule has 2 heterocycles. The Morgan fingerprint density at radius 2 is 2.12 bits per heavy atom. The molecule has 0 aliphatic rings. The van der Waals surface area contributed by atoms with Gasteiger partial charge in [0.15, 0.2) is 0 Å². The largest absolute Gasteiger partial charge is 0.351 e. The summed E-state index contributed by atoms with van der Waals surface area (Å²) in [7, 11) is 0. The Balaban J connectivity index is 1.90. The number of amides is 1. The van der Waals surface area contributed by atoms with E-state index in [0.29, 0.717) is 19.0 Å². The van der Waals surface area contributed by atoms with Crippen molar-refractivity contribution in [2.24, 2.45) is 5.92 Å². The van der Waals surface area contributed by atoms with E-state index in [1.165, 1.54) is 11.3 Å². The lowest BCUT2D eigenvalue weighted by molar-refractivity contribution is 0.0953. The number of carbonyl (C=O) groups excluding carboxylic acids is 1. The first kappa shape index (κ1) is 17.0. The van der Waals surface area contributed by atoms with Crippen LogP contribution in [0.4, 0.5) is 0 Å². The highest BCUT2D eigenvalue weighted by molar-refractivity contribution is 7.20. The van der Waals surface area contributed by atoms with Gasteiger partial charge < -0.3 is 5.32 Å². The molecule has 24 heavy (non-hydrogen) atoms. The van der Waals surface area contributed by atoms with E-state index in [4.69, 9.17) is 11.6 Å². The molecule has 0 aliphatic carbocycles. The number of rotatable bonds is 5. The quantitative estimate of drug-likeness (QED) is 0.727. The lowest BCUT2D eigenvalue weighted by atomic mass is 10.2. The maximum atomic E-state index is 12.3. The fourth-order valence-corrected chi connectivity index (χ4v) is 3.78. The molecule has 0 aliphatic heterocycles. The number of nitrogens with zero attached hydrogens (tertiary/aromatic N) is 2. The molecule has 0 saturated heterocycles. The number of nitrogens with one attached hydrogen (secondary N) is 1. The maximum absolute atomic E-state index is 12.3. The molecular formula is C18H20ClN3OS. The van der Waals surface area contributed by atoms with E-state index in [-0.39, 0.29) is 5.91 Å². The second-order valence-electron chi connectivity index (χ2n) is 6.27. The molecule has 0 fully saturated rings. The van der Waals surface area contributed by atoms with Crippen molar-refractivity contribution < 1.29 is 4.79 Å². The lowest BCUT2D eigenvalue weighted by Gasteiger charge is -2.06. The standard InChI is InChI=1S/C18H20ClN3OS/c1-11(2)9-20-17(23)16-8-14-12(3)21-22(18(14)24-16)10-13-6-4-5-7-15(13)19/h4-8,11H,9-10H2,1-3H3,(H,20,23). The van der Waals surface area contributed by atoms with E-state index in [9.17, 15) is 4.79 Å². The molecule has 3 rings (SSSR count). The fourth-order valence-electron chi connectivity index (χ4n) is 2.50. The fraction of sp³-hybridized carbons (Fsp3) is 0.333. The van der Waals surface area contributed by atoms with Crippen LogP contribution < -0.4 is 5.32 Å². The van der Waals surface area contributed by atoms with Crippen LogP contribution in [0.15, 0.2) is 30.3 Å². The Labute approximate surface area is 150 Å². The summed E-state index contributed by atoms with van der Waals surface area (Å²) in [6.45, 7) is 7.40. The zero-order valence-electron chi connectivity index (χ0n) is 14.0. The Morgan fingerprint density at radius 3 is 2.83 bits per heavy atom. The van der Waals surface area contributed by atoms with Gasteiger partial charge in [-0.2, -0.15) is 5.10 Å². The van der Waals surface area contributed by atoms with Crippen molar-refractivity contribution in [1.29, 1.82) is 0 Å². The molecule has 0 saturated carbocycles. The molecule has 0 spiro atoms. The van der Waals surface area contributed by atoms with E-state index in [2.05, 4.69) is 24.3 Å². The molecule has 0 bridgehead atoms. The van der Waals surface area contributed by atoms with Crippen LogP contribution in [0.2, 0.25) is 5.02 Å². The predicted octanol–water partition coefficient (Wildman–Crippen LogP) is 4.49. The summed E-state index contributed by atoms with van der Waals surface area (Å²) in [6, 6.07) is 9.69. The average molecular weight is 362 g/mol. The van der Waals surface area contributed by atoms with Gasteiger partial charge in [-0.1, -0.05) is 43.6 Å². The third-order valence-corrected chi connectivity index (χ3v) is 5.30. The first-order valence-electron chi connectivity index (χ1n) is 7.94. The first-order valence-corrected chi connectivity index (χ1v) is 9.13. The van der Waals surface area contributed by atoms with Gasteiger partial charge in [0.2, 0.25) is 0 Å². The zero-order chi connectivity index (χ0) is 17.3. The molecule has 126 valence electrons. The van der Waals surface area contributed by atoms with Crippen molar-refractivity contribution >= 4 is 39.1 Å². The summed E-state index contributed by atoms with van der Waals surface area (Å²) in [5.74, 6) is 0.411. The zero-order valence-corrected chi connectivity index (χ0v) is 15.5. The van der Waals surface area contributed by atoms with Crippen molar-refractivity contribution in [2.45, 2.75) is 27.3 Å². The van der Waals surface area contributed by atoms with Crippen LogP contribution in [-0.4, -0.2) is 22.2 Å². The van der Waals surface area contributed by atoms with Crippen LogP contribution >= 0.6 is 22.9 Å². The minimum atomic E-state index is -0.0198. The van der Waals surface area contributed by atoms with Crippen molar-refractivity contribution in [3.63, 3.8) is 0 Å². The smallest absolute Gasteiger partial charge is 0.261 e. The van der Waals surface area contributed by atoms with E-state index < -0.39 is 0 Å². The molecule has 4 nitrogen and oxygen atoms in total. The number of halogens is 1. The Kier molecular flexibility index (Phi) is 4.92. The van der Waals surface area contributed by atoms with Gasteiger partial charge in [-0.05, 0) is 30.5 Å². The van der Waals surface area contributed by atoms with Gasteiger partial charge in [-0.25, -0.2) is 0 Å². The van der Waals surface area contributed by atoms with Crippen LogP contribution in [-0.2, 0) is 6.54 Å². The summed E-state index contributed by atoms with van der Waals surface area (Å²) in [4.78, 5) is 14.0. The van der Waals surface area contributed by atoms with Gasteiger partial charge in [0.25, 0.3) is 5.91 Å². The van der Waals surface area contributed by atoms with Crippen LogP contribution in [0.25, 0.3) is 10.2 Å². The first-order chi connectivity index (χ1) is 11.5. The molecule has 1 aromatic carbocycles. The van der Waals surface area contributed by atoms with Crippen molar-refractivity contribution in [3.8, 4) is 0 Å². The minimum absolute atomic E-state index is 0.0198. The van der Waals surface area contributed by atoms with E-state index >= 15 is 0 Å². The van der Waals surface area contributed by atoms with Crippen LogP contribution in [0.3, 0.4) is 0 Å². The van der Waals surface area contributed by atoms with Crippen LogP contribution in [0.1, 0.15) is 34.8 Å². The molecule has 2 aromatic heterocycles. The van der Waals surface area contributed by atoms with E-state index in [0.717, 1.165) is 31.4 Å². The van der Waals surface area contributed by atoms with Crippen molar-refractivity contribution in [1.82, 2.24) is 15.1 Å². The highest BCUT2D eigenvalue weighted by Crippen LogP contribution is 2.29. The van der Waals surface area contributed by atoms with Crippen molar-refractivity contribution in [2.75, 3.05) is 6.54 Å². The molecule has 0 radical (unpaired) electrons. The van der Waals surface area contributed by atoms with Crippen molar-refractivity contribution in [3.05, 3.63) is 51.5 Å². The highest BCUT2D eigenvalue weighted by Gasteiger charge is 2.17. The summed E-state index contributed by atoms with van der Waals surface area (Å²) in [6.07, 6.45) is 0. The van der Waals surface area contributed by atoms with Crippen LogP contribution in [0.5, 0.6) is 0 Å². The molecule has 1 N–H and O–H groups in total. The average Bonchev–Trinajstić information content (AvgIpc) is 3.09. The number of carbonyl (C=O) groups is 1. The number of thiophene rings is 1. The topological polar surface area (TPSA) is 46.9 Å². The summed E-state index contributed by atoms with van der Waals surface area (Å²) >= 11 is 7.73. The van der Waals surface area contributed by atoms with Gasteiger partial charge in [0, 0.05) is 17.0 Å². The highest BCUT2D eigenvalue weighted by atomic mass is 35.5. The minimum Gasteiger partial charge on any atom is -0.351 e. The third kappa shape index (κ3) is 3.47. The number of benzene rings is 1. The van der Waals surface area contributed by atoms with Gasteiger partial charge in [-0.3, -0.25) is 9.48 Å². The number of fused-ring (bicyclic) bond motifs is 1. The number of hydrogen-bond donors (Lipinski definition) is 1. The number of aryl methyl sites for hydroxylation is 1. The third-order valence-electron chi connectivity index (χ3n) is 3.78. The molecule has 0 atom stereocenters. The summed E-state index contributed by atoms with van der Waals surface area (Å²) < 4.78 is 1.93. The van der Waals surface area contributed by atoms with Gasteiger partial charge >= 0.3 is 0 Å². The summed E-state index contributed by atoms with van der Waals surface area (Å²) in [5.41, 5.74) is 1.94. The summed E-state index contributed by atoms with van der Waals surface area (Å²) in [5, 5.41) is 9.32. The number of aromatic nitrogens is 2.